The van der Waals surface area contributed by atoms with Gasteiger partial charge >= 0.3 is 6.18 Å². The third-order valence-electron chi connectivity index (χ3n) is 2.69. The second kappa shape index (κ2) is 5.07. The summed E-state index contributed by atoms with van der Waals surface area (Å²) in [7, 11) is 0. The van der Waals surface area contributed by atoms with Crippen molar-refractivity contribution in [2.24, 2.45) is 5.92 Å². The van der Waals surface area contributed by atoms with Crippen LogP contribution in [0.4, 0.5) is 13.2 Å². The van der Waals surface area contributed by atoms with E-state index in [4.69, 9.17) is 0 Å². The fourth-order valence-electron chi connectivity index (χ4n) is 1.77. The molecule has 0 atom stereocenters. The van der Waals surface area contributed by atoms with Gasteiger partial charge in [-0.15, -0.1) is 0 Å². The molecule has 0 aliphatic heterocycles. The summed E-state index contributed by atoms with van der Waals surface area (Å²) in [5.74, 6) is -1.13. The molecular formula is C13H12F3N3O. The van der Waals surface area contributed by atoms with Gasteiger partial charge in [0.05, 0.1) is 11.8 Å². The number of Topliss-reactive ketones (excluding diaryl/α,β-unsaturated/α-hetero) is 1. The zero-order valence-electron chi connectivity index (χ0n) is 10.8. The molecule has 0 spiro atoms. The standard InChI is InChI=1S/C13H12F3N3O/c1-8(2)11(20)9-7-18-19(12(9)13(14,15)16)10-5-3-4-6-17-10/h3-8H,1-2H3. The Morgan fingerprint density at radius 2 is 2.00 bits per heavy atom. The summed E-state index contributed by atoms with van der Waals surface area (Å²) >= 11 is 0. The Kier molecular flexibility index (Phi) is 3.61. The van der Waals surface area contributed by atoms with Crippen molar-refractivity contribution in [3.63, 3.8) is 0 Å². The first-order chi connectivity index (χ1) is 9.32. The topological polar surface area (TPSA) is 47.8 Å². The number of carbonyl (C=O) groups excluding carboxylic acids is 1. The quantitative estimate of drug-likeness (QED) is 0.813. The van der Waals surface area contributed by atoms with E-state index in [1.54, 1.807) is 26.0 Å². The Labute approximate surface area is 113 Å². The molecule has 0 bridgehead atoms. The molecule has 2 aromatic rings. The molecule has 106 valence electrons. The van der Waals surface area contributed by atoms with Gasteiger partial charge in [0.1, 0.15) is 0 Å². The van der Waals surface area contributed by atoms with Crippen LogP contribution in [-0.4, -0.2) is 20.5 Å². The molecule has 0 aliphatic rings. The minimum absolute atomic E-state index is 0.0163. The average Bonchev–Trinajstić information content (AvgIpc) is 2.83. The lowest BCUT2D eigenvalue weighted by Crippen LogP contribution is -2.19. The lowest BCUT2D eigenvalue weighted by molar-refractivity contribution is -0.143. The Hall–Kier alpha value is -2.18. The minimum Gasteiger partial charge on any atom is -0.294 e. The van der Waals surface area contributed by atoms with E-state index < -0.39 is 29.1 Å². The van der Waals surface area contributed by atoms with Gasteiger partial charge in [-0.1, -0.05) is 19.9 Å². The molecular weight excluding hydrogens is 271 g/mol. The molecule has 2 heterocycles. The largest absolute Gasteiger partial charge is 0.434 e. The van der Waals surface area contributed by atoms with Crippen LogP contribution in [0.15, 0.2) is 30.6 Å². The summed E-state index contributed by atoms with van der Waals surface area (Å²) in [5, 5.41) is 3.67. The van der Waals surface area contributed by atoms with Crippen LogP contribution in [0.2, 0.25) is 0 Å². The monoisotopic (exact) mass is 283 g/mol. The molecule has 7 heteroatoms. The number of ketones is 1. The van der Waals surface area contributed by atoms with Crippen LogP contribution in [0.1, 0.15) is 29.9 Å². The van der Waals surface area contributed by atoms with Crippen molar-refractivity contribution in [3.8, 4) is 5.82 Å². The van der Waals surface area contributed by atoms with Crippen LogP contribution in [0.5, 0.6) is 0 Å². The highest BCUT2D eigenvalue weighted by Gasteiger charge is 2.41. The molecule has 4 nitrogen and oxygen atoms in total. The smallest absolute Gasteiger partial charge is 0.294 e. The van der Waals surface area contributed by atoms with Crippen molar-refractivity contribution >= 4 is 5.78 Å². The molecule has 0 amide bonds. The van der Waals surface area contributed by atoms with Crippen molar-refractivity contribution in [1.29, 1.82) is 0 Å². The zero-order chi connectivity index (χ0) is 14.9. The van der Waals surface area contributed by atoms with Crippen molar-refractivity contribution in [2.75, 3.05) is 0 Å². The van der Waals surface area contributed by atoms with Gasteiger partial charge in [-0.3, -0.25) is 4.79 Å². The lowest BCUT2D eigenvalue weighted by atomic mass is 10.0. The van der Waals surface area contributed by atoms with E-state index in [2.05, 4.69) is 10.1 Å². The summed E-state index contributed by atoms with van der Waals surface area (Å²) in [6, 6.07) is 4.53. The highest BCUT2D eigenvalue weighted by atomic mass is 19.4. The maximum absolute atomic E-state index is 13.2. The first-order valence-electron chi connectivity index (χ1n) is 5.93. The molecule has 2 aromatic heterocycles. The molecule has 0 N–H and O–H groups in total. The lowest BCUT2D eigenvalue weighted by Gasteiger charge is -2.12. The number of hydrogen-bond donors (Lipinski definition) is 0. The zero-order valence-corrected chi connectivity index (χ0v) is 10.8. The van der Waals surface area contributed by atoms with Gasteiger partial charge in [-0.2, -0.15) is 18.3 Å². The fraction of sp³-hybridized carbons (Fsp3) is 0.308. The maximum Gasteiger partial charge on any atom is 0.434 e. The first kappa shape index (κ1) is 14.2. The SMILES string of the molecule is CC(C)C(=O)c1cnn(-c2ccccn2)c1C(F)(F)F. The number of alkyl halides is 3. The number of carbonyl (C=O) groups is 1. The third-order valence-corrected chi connectivity index (χ3v) is 2.69. The molecule has 0 saturated heterocycles. The number of aromatic nitrogens is 3. The van der Waals surface area contributed by atoms with E-state index in [1.807, 2.05) is 0 Å². The van der Waals surface area contributed by atoms with Crippen LogP contribution in [0.3, 0.4) is 0 Å². The van der Waals surface area contributed by atoms with Crippen LogP contribution in [-0.2, 0) is 6.18 Å². The van der Waals surface area contributed by atoms with Gasteiger partial charge in [-0.25, -0.2) is 9.67 Å². The highest BCUT2D eigenvalue weighted by molar-refractivity contribution is 5.98. The fourth-order valence-corrected chi connectivity index (χ4v) is 1.77. The van der Waals surface area contributed by atoms with E-state index in [0.29, 0.717) is 4.68 Å². The number of rotatable bonds is 3. The Balaban J connectivity index is 2.64. The van der Waals surface area contributed by atoms with Gasteiger partial charge in [0.25, 0.3) is 0 Å². The minimum atomic E-state index is -4.69. The predicted molar refractivity (Wildman–Crippen MR) is 65.5 cm³/mol. The molecule has 0 aliphatic carbocycles. The van der Waals surface area contributed by atoms with Crippen LogP contribution >= 0.6 is 0 Å². The predicted octanol–water partition coefficient (Wildman–Crippen LogP) is 3.12. The average molecular weight is 283 g/mol. The van der Waals surface area contributed by atoms with Gasteiger partial charge < -0.3 is 0 Å². The van der Waals surface area contributed by atoms with E-state index in [-0.39, 0.29) is 5.82 Å². The van der Waals surface area contributed by atoms with Crippen molar-refractivity contribution in [2.45, 2.75) is 20.0 Å². The Bertz CT molecular complexity index is 618. The van der Waals surface area contributed by atoms with Crippen molar-refractivity contribution < 1.29 is 18.0 Å². The second-order valence-corrected chi connectivity index (χ2v) is 4.52. The van der Waals surface area contributed by atoms with Gasteiger partial charge in [-0.05, 0) is 12.1 Å². The molecule has 0 saturated carbocycles. The number of hydrogen-bond acceptors (Lipinski definition) is 3. The number of halogens is 3. The van der Waals surface area contributed by atoms with Crippen LogP contribution in [0.25, 0.3) is 5.82 Å². The summed E-state index contributed by atoms with van der Waals surface area (Å²) in [6.07, 6.45) is -2.38. The van der Waals surface area contributed by atoms with E-state index in [0.717, 1.165) is 6.20 Å². The maximum atomic E-state index is 13.2. The number of pyridine rings is 1. The van der Waals surface area contributed by atoms with Crippen molar-refractivity contribution in [3.05, 3.63) is 41.9 Å². The normalized spacial score (nSPS) is 11.9. The highest BCUT2D eigenvalue weighted by Crippen LogP contribution is 2.34. The molecule has 2 rings (SSSR count). The molecule has 0 radical (unpaired) electrons. The Morgan fingerprint density at radius 3 is 2.50 bits per heavy atom. The summed E-state index contributed by atoms with van der Waals surface area (Å²) < 4.78 is 40.3. The van der Waals surface area contributed by atoms with E-state index in [9.17, 15) is 18.0 Å². The van der Waals surface area contributed by atoms with Gasteiger partial charge in [0.2, 0.25) is 0 Å². The third kappa shape index (κ3) is 2.56. The summed E-state index contributed by atoms with van der Waals surface area (Å²) in [6.45, 7) is 3.08. The van der Waals surface area contributed by atoms with Crippen LogP contribution < -0.4 is 0 Å². The Morgan fingerprint density at radius 1 is 1.30 bits per heavy atom. The molecule has 0 aromatic carbocycles. The molecule has 0 fully saturated rings. The summed E-state index contributed by atoms with van der Waals surface area (Å²) in [4.78, 5) is 15.7. The van der Waals surface area contributed by atoms with Gasteiger partial charge in [0, 0.05) is 12.1 Å². The second-order valence-electron chi connectivity index (χ2n) is 4.52. The summed E-state index contributed by atoms with van der Waals surface area (Å²) in [5.41, 5.74) is -1.52. The number of nitrogens with zero attached hydrogens (tertiary/aromatic N) is 3. The van der Waals surface area contributed by atoms with Crippen molar-refractivity contribution in [1.82, 2.24) is 14.8 Å². The molecule has 20 heavy (non-hydrogen) atoms. The van der Waals surface area contributed by atoms with E-state index >= 15 is 0 Å². The van der Waals surface area contributed by atoms with E-state index in [1.165, 1.54) is 12.3 Å². The van der Waals surface area contributed by atoms with Gasteiger partial charge in [0.15, 0.2) is 17.3 Å². The first-order valence-corrected chi connectivity index (χ1v) is 5.93. The van der Waals surface area contributed by atoms with Crippen LogP contribution in [0, 0.1) is 5.92 Å². The molecule has 0 unspecified atom stereocenters.